The fraction of sp³-hybridized carbons (Fsp3) is 0.333. The Labute approximate surface area is 143 Å². The number of rotatable bonds is 8. The monoisotopic (exact) mass is 349 g/mol. The van der Waals surface area contributed by atoms with Gasteiger partial charge in [0.15, 0.2) is 11.5 Å². The lowest BCUT2D eigenvalue weighted by Gasteiger charge is -2.21. The number of methoxy groups -OCH3 is 2. The lowest BCUT2D eigenvalue weighted by molar-refractivity contribution is 0.353. The maximum Gasteiger partial charge on any atom is 0.218 e. The third kappa shape index (κ3) is 4.49. The van der Waals surface area contributed by atoms with E-state index in [4.69, 9.17) is 9.47 Å². The number of sulfonamides is 1. The molecule has 24 heavy (non-hydrogen) atoms. The van der Waals surface area contributed by atoms with Crippen molar-refractivity contribution in [3.05, 3.63) is 59.7 Å². The second-order valence-electron chi connectivity index (χ2n) is 5.36. The van der Waals surface area contributed by atoms with Gasteiger partial charge < -0.3 is 9.47 Å². The zero-order valence-corrected chi connectivity index (χ0v) is 15.0. The number of benzene rings is 2. The van der Waals surface area contributed by atoms with E-state index in [2.05, 4.69) is 0 Å². The molecular formula is C18H23NO4S. The molecular weight excluding hydrogens is 326 g/mol. The second-order valence-corrected chi connectivity index (χ2v) is 7.33. The van der Waals surface area contributed by atoms with Crippen LogP contribution in [0.15, 0.2) is 48.5 Å². The Hall–Kier alpha value is -2.05. The molecule has 0 aliphatic heterocycles. The molecule has 0 saturated carbocycles. The van der Waals surface area contributed by atoms with Gasteiger partial charge in [-0.25, -0.2) is 8.42 Å². The molecule has 5 nitrogen and oxygen atoms in total. The fourth-order valence-corrected chi connectivity index (χ4v) is 4.00. The first-order valence-electron chi connectivity index (χ1n) is 7.72. The maximum absolute atomic E-state index is 12.7. The normalized spacial score (nSPS) is 11.5. The average Bonchev–Trinajstić information content (AvgIpc) is 2.59. The molecule has 130 valence electrons. The van der Waals surface area contributed by atoms with Crippen LogP contribution in [0.2, 0.25) is 0 Å². The van der Waals surface area contributed by atoms with E-state index in [9.17, 15) is 8.42 Å². The Bertz CT molecular complexity index is 760. The van der Waals surface area contributed by atoms with Gasteiger partial charge in [-0.1, -0.05) is 43.3 Å². The highest BCUT2D eigenvalue weighted by molar-refractivity contribution is 7.88. The third-order valence-corrected chi connectivity index (χ3v) is 5.62. The van der Waals surface area contributed by atoms with Gasteiger partial charge in [0.25, 0.3) is 0 Å². The highest BCUT2D eigenvalue weighted by Gasteiger charge is 2.21. The number of nitrogens with zero attached hydrogens (tertiary/aromatic N) is 1. The molecule has 2 rings (SSSR count). The Balaban J connectivity index is 2.19. The summed E-state index contributed by atoms with van der Waals surface area (Å²) in [6.45, 7) is 2.54. The molecule has 0 spiro atoms. The highest BCUT2D eigenvalue weighted by atomic mass is 32.2. The van der Waals surface area contributed by atoms with Gasteiger partial charge >= 0.3 is 0 Å². The predicted molar refractivity (Wildman–Crippen MR) is 94.7 cm³/mol. The van der Waals surface area contributed by atoms with E-state index in [0.717, 1.165) is 11.1 Å². The van der Waals surface area contributed by atoms with Gasteiger partial charge in [0.05, 0.1) is 20.0 Å². The summed E-state index contributed by atoms with van der Waals surface area (Å²) in [7, 11) is -0.267. The van der Waals surface area contributed by atoms with Crippen molar-refractivity contribution in [1.29, 1.82) is 0 Å². The molecule has 0 fully saturated rings. The van der Waals surface area contributed by atoms with Gasteiger partial charge in [0, 0.05) is 13.1 Å². The molecule has 0 N–H and O–H groups in total. The Kier molecular flexibility index (Phi) is 6.23. The first kappa shape index (κ1) is 18.3. The Morgan fingerprint density at radius 1 is 0.917 bits per heavy atom. The van der Waals surface area contributed by atoms with E-state index in [1.807, 2.05) is 43.3 Å². The molecule has 0 amide bonds. The molecule has 0 saturated heterocycles. The molecule has 0 heterocycles. The van der Waals surface area contributed by atoms with Gasteiger partial charge in [0.1, 0.15) is 0 Å². The number of hydrogen-bond acceptors (Lipinski definition) is 4. The molecule has 0 aliphatic rings. The average molecular weight is 349 g/mol. The van der Waals surface area contributed by atoms with E-state index in [-0.39, 0.29) is 5.75 Å². The summed E-state index contributed by atoms with van der Waals surface area (Å²) in [5.41, 5.74) is 1.63. The minimum absolute atomic E-state index is 0.00499. The highest BCUT2D eigenvalue weighted by Crippen LogP contribution is 2.28. The van der Waals surface area contributed by atoms with Gasteiger partial charge in [-0.05, 0) is 23.3 Å². The van der Waals surface area contributed by atoms with Crippen LogP contribution in [0, 0.1) is 0 Å². The maximum atomic E-state index is 12.7. The SMILES string of the molecule is CCN(Cc1ccc(OC)c(OC)c1)S(=O)(=O)Cc1ccccc1. The largest absolute Gasteiger partial charge is 0.493 e. The molecule has 0 bridgehead atoms. The van der Waals surface area contributed by atoms with Crippen LogP contribution in [0.5, 0.6) is 11.5 Å². The lowest BCUT2D eigenvalue weighted by Crippen LogP contribution is -2.31. The molecule has 0 aromatic heterocycles. The summed E-state index contributed by atoms with van der Waals surface area (Å²) in [6, 6.07) is 14.6. The summed E-state index contributed by atoms with van der Waals surface area (Å²) < 4.78 is 37.3. The van der Waals surface area contributed by atoms with Crippen LogP contribution in [-0.2, 0) is 22.3 Å². The number of ether oxygens (including phenoxy) is 2. The van der Waals surface area contributed by atoms with E-state index < -0.39 is 10.0 Å². The van der Waals surface area contributed by atoms with Crippen LogP contribution >= 0.6 is 0 Å². The Morgan fingerprint density at radius 3 is 2.17 bits per heavy atom. The minimum Gasteiger partial charge on any atom is -0.493 e. The van der Waals surface area contributed by atoms with Crippen molar-refractivity contribution >= 4 is 10.0 Å². The Morgan fingerprint density at radius 2 is 1.58 bits per heavy atom. The van der Waals surface area contributed by atoms with Crippen LogP contribution in [-0.4, -0.2) is 33.5 Å². The van der Waals surface area contributed by atoms with Crippen molar-refractivity contribution in [2.45, 2.75) is 19.2 Å². The van der Waals surface area contributed by atoms with E-state index in [0.29, 0.717) is 24.6 Å². The summed E-state index contributed by atoms with van der Waals surface area (Å²) in [4.78, 5) is 0. The summed E-state index contributed by atoms with van der Waals surface area (Å²) in [5.74, 6) is 1.21. The molecule has 0 atom stereocenters. The number of hydrogen-bond donors (Lipinski definition) is 0. The van der Waals surface area contributed by atoms with Gasteiger partial charge in [-0.3, -0.25) is 0 Å². The van der Waals surface area contributed by atoms with Crippen LogP contribution in [0.3, 0.4) is 0 Å². The van der Waals surface area contributed by atoms with Crippen LogP contribution in [0.4, 0.5) is 0 Å². The topological polar surface area (TPSA) is 55.8 Å². The van der Waals surface area contributed by atoms with Crippen molar-refractivity contribution in [3.8, 4) is 11.5 Å². The van der Waals surface area contributed by atoms with E-state index in [1.54, 1.807) is 26.4 Å². The van der Waals surface area contributed by atoms with E-state index >= 15 is 0 Å². The van der Waals surface area contributed by atoms with Crippen molar-refractivity contribution in [2.75, 3.05) is 20.8 Å². The predicted octanol–water partition coefficient (Wildman–Crippen LogP) is 3.06. The molecule has 0 radical (unpaired) electrons. The van der Waals surface area contributed by atoms with Crippen LogP contribution in [0.1, 0.15) is 18.1 Å². The van der Waals surface area contributed by atoms with E-state index in [1.165, 1.54) is 4.31 Å². The molecule has 2 aromatic rings. The zero-order valence-electron chi connectivity index (χ0n) is 14.2. The fourth-order valence-electron chi connectivity index (χ4n) is 2.47. The first-order chi connectivity index (χ1) is 11.5. The van der Waals surface area contributed by atoms with Crippen LogP contribution in [0.25, 0.3) is 0 Å². The standard InChI is InChI=1S/C18H23NO4S/c1-4-19(24(20,21)14-15-8-6-5-7-9-15)13-16-10-11-17(22-2)18(12-16)23-3/h5-12H,4,13-14H2,1-3H3. The smallest absolute Gasteiger partial charge is 0.218 e. The molecule has 0 unspecified atom stereocenters. The van der Waals surface area contributed by atoms with Gasteiger partial charge in [-0.15, -0.1) is 0 Å². The van der Waals surface area contributed by atoms with Crippen molar-refractivity contribution in [2.24, 2.45) is 0 Å². The molecule has 0 aliphatic carbocycles. The van der Waals surface area contributed by atoms with Crippen molar-refractivity contribution in [3.63, 3.8) is 0 Å². The van der Waals surface area contributed by atoms with Gasteiger partial charge in [-0.2, -0.15) is 4.31 Å². The lowest BCUT2D eigenvalue weighted by atomic mass is 10.2. The zero-order chi connectivity index (χ0) is 17.6. The minimum atomic E-state index is -3.40. The summed E-state index contributed by atoms with van der Waals surface area (Å²) >= 11 is 0. The van der Waals surface area contributed by atoms with Gasteiger partial charge in [0.2, 0.25) is 10.0 Å². The summed E-state index contributed by atoms with van der Waals surface area (Å²) in [6.07, 6.45) is 0. The summed E-state index contributed by atoms with van der Waals surface area (Å²) in [5, 5.41) is 0. The molecule has 2 aromatic carbocycles. The third-order valence-electron chi connectivity index (χ3n) is 3.74. The second kappa shape index (κ2) is 8.17. The molecule has 6 heteroatoms. The quantitative estimate of drug-likeness (QED) is 0.735. The first-order valence-corrected chi connectivity index (χ1v) is 9.33. The van der Waals surface area contributed by atoms with Crippen molar-refractivity contribution in [1.82, 2.24) is 4.31 Å². The van der Waals surface area contributed by atoms with Crippen molar-refractivity contribution < 1.29 is 17.9 Å². The van der Waals surface area contributed by atoms with Crippen LogP contribution < -0.4 is 9.47 Å².